The van der Waals surface area contributed by atoms with Crippen LogP contribution < -0.4 is 9.47 Å². The van der Waals surface area contributed by atoms with Crippen LogP contribution in [-0.4, -0.2) is 85.3 Å². The third-order valence-corrected chi connectivity index (χ3v) is 5.44. The van der Waals surface area contributed by atoms with Crippen molar-refractivity contribution in [3.05, 3.63) is 48.6 Å². The van der Waals surface area contributed by atoms with Gasteiger partial charge >= 0.3 is 5.97 Å². The first kappa shape index (κ1) is 29.8. The number of methoxy groups -OCH3 is 4. The molecule has 0 aliphatic carbocycles. The molecule has 1 aromatic carbocycles. The summed E-state index contributed by atoms with van der Waals surface area (Å²) in [7, 11) is 6.24. The maximum atomic E-state index is 11.6. The predicted octanol–water partition coefficient (Wildman–Crippen LogP) is 3.25. The SMILES string of the molecule is COCO[C@@H](COc1ccc(OC)cc1)C[C@@H](OCOC)[C@@](C)(C=C[C@H]1CC=CC(=O)O1)OCOC. The van der Waals surface area contributed by atoms with Gasteiger partial charge in [0.25, 0.3) is 0 Å². The van der Waals surface area contributed by atoms with Gasteiger partial charge in [0.1, 0.15) is 50.2 Å². The number of esters is 1. The quantitative estimate of drug-likeness (QED) is 0.166. The Bertz CT molecular complexity index is 809. The number of benzene rings is 1. The Hall–Kier alpha value is -2.47. The zero-order valence-electron chi connectivity index (χ0n) is 21.7. The third-order valence-electron chi connectivity index (χ3n) is 5.44. The molecule has 0 amide bonds. The molecule has 10 heteroatoms. The molecule has 36 heavy (non-hydrogen) atoms. The monoisotopic (exact) mass is 510 g/mol. The van der Waals surface area contributed by atoms with Crippen molar-refractivity contribution in [1.29, 1.82) is 0 Å². The Morgan fingerprint density at radius 2 is 1.67 bits per heavy atom. The number of rotatable bonds is 18. The van der Waals surface area contributed by atoms with Crippen LogP contribution in [0.4, 0.5) is 0 Å². The van der Waals surface area contributed by atoms with E-state index in [1.54, 1.807) is 33.5 Å². The molecule has 4 atom stereocenters. The highest BCUT2D eigenvalue weighted by Gasteiger charge is 2.37. The lowest BCUT2D eigenvalue weighted by Crippen LogP contribution is -2.46. The summed E-state index contributed by atoms with van der Waals surface area (Å²) < 4.78 is 50.0. The van der Waals surface area contributed by atoms with E-state index in [0.29, 0.717) is 18.6 Å². The first-order valence-corrected chi connectivity index (χ1v) is 11.6. The summed E-state index contributed by atoms with van der Waals surface area (Å²) in [6.45, 7) is 2.22. The highest BCUT2D eigenvalue weighted by atomic mass is 16.7. The van der Waals surface area contributed by atoms with Gasteiger partial charge < -0.3 is 42.6 Å². The van der Waals surface area contributed by atoms with Crippen molar-refractivity contribution >= 4 is 5.97 Å². The van der Waals surface area contributed by atoms with Crippen molar-refractivity contribution in [1.82, 2.24) is 0 Å². The normalized spacial score (nSPS) is 19.0. The van der Waals surface area contributed by atoms with Gasteiger partial charge in [-0.05, 0) is 37.3 Å². The molecule has 0 spiro atoms. The smallest absolute Gasteiger partial charge is 0.331 e. The Morgan fingerprint density at radius 1 is 1.00 bits per heavy atom. The molecule has 1 heterocycles. The van der Waals surface area contributed by atoms with E-state index in [-0.39, 0.29) is 33.0 Å². The molecule has 0 unspecified atom stereocenters. The maximum absolute atomic E-state index is 11.6. The van der Waals surface area contributed by atoms with Gasteiger partial charge in [-0.1, -0.05) is 12.2 Å². The van der Waals surface area contributed by atoms with Crippen LogP contribution in [-0.2, 0) is 38.0 Å². The summed E-state index contributed by atoms with van der Waals surface area (Å²) in [5.74, 6) is 1.02. The molecule has 0 saturated carbocycles. The van der Waals surface area contributed by atoms with E-state index in [4.69, 9.17) is 42.6 Å². The van der Waals surface area contributed by atoms with Gasteiger partial charge in [0.05, 0.1) is 19.3 Å². The van der Waals surface area contributed by atoms with E-state index in [9.17, 15) is 4.79 Å². The second-order valence-electron chi connectivity index (χ2n) is 8.19. The second kappa shape index (κ2) is 16.3. The predicted molar refractivity (Wildman–Crippen MR) is 131 cm³/mol. The minimum atomic E-state index is -0.975. The van der Waals surface area contributed by atoms with Gasteiger partial charge in [-0.25, -0.2) is 4.79 Å². The zero-order valence-corrected chi connectivity index (χ0v) is 21.7. The van der Waals surface area contributed by atoms with E-state index in [1.165, 1.54) is 13.2 Å². The summed E-state index contributed by atoms with van der Waals surface area (Å²) in [5, 5.41) is 0. The van der Waals surface area contributed by atoms with Crippen LogP contribution in [0.3, 0.4) is 0 Å². The molecule has 0 bridgehead atoms. The largest absolute Gasteiger partial charge is 0.497 e. The van der Waals surface area contributed by atoms with E-state index in [0.717, 1.165) is 5.75 Å². The summed E-state index contributed by atoms with van der Waals surface area (Å²) in [4.78, 5) is 11.6. The number of carbonyl (C=O) groups is 1. The van der Waals surface area contributed by atoms with Gasteiger partial charge in [0.2, 0.25) is 0 Å². The summed E-state index contributed by atoms with van der Waals surface area (Å²) >= 11 is 0. The van der Waals surface area contributed by atoms with Crippen molar-refractivity contribution in [2.24, 2.45) is 0 Å². The molecular weight excluding hydrogens is 472 g/mol. The van der Waals surface area contributed by atoms with Crippen LogP contribution in [0, 0.1) is 0 Å². The molecule has 202 valence electrons. The minimum Gasteiger partial charge on any atom is -0.497 e. The maximum Gasteiger partial charge on any atom is 0.331 e. The van der Waals surface area contributed by atoms with Gasteiger partial charge in [0.15, 0.2) is 0 Å². The van der Waals surface area contributed by atoms with Crippen LogP contribution in [0.1, 0.15) is 19.8 Å². The average Bonchev–Trinajstić information content (AvgIpc) is 2.90. The molecule has 0 aromatic heterocycles. The van der Waals surface area contributed by atoms with Crippen LogP contribution in [0.2, 0.25) is 0 Å². The first-order valence-electron chi connectivity index (χ1n) is 11.6. The molecule has 1 aromatic rings. The van der Waals surface area contributed by atoms with Crippen molar-refractivity contribution in [3.8, 4) is 11.5 Å². The lowest BCUT2D eigenvalue weighted by molar-refractivity contribution is -0.197. The Morgan fingerprint density at radius 3 is 2.31 bits per heavy atom. The molecule has 2 rings (SSSR count). The third kappa shape index (κ3) is 10.3. The second-order valence-corrected chi connectivity index (χ2v) is 8.19. The molecule has 10 nitrogen and oxygen atoms in total. The standard InChI is InChI=1S/C26H38O10/c1-26(35-19-30-4,14-13-22-7-6-8-25(27)36-22)24(34-18-29-3)15-23(33-17-28-2)16-32-21-11-9-20(31-5)10-12-21/h6,8-14,22-24H,7,15-19H2,1-5H3/t22-,23-,24-,26-/m1/s1. The number of carbonyl (C=O) groups excluding carboxylic acids is 1. The van der Waals surface area contributed by atoms with Gasteiger partial charge in [-0.2, -0.15) is 0 Å². The van der Waals surface area contributed by atoms with E-state index < -0.39 is 23.9 Å². The molecule has 0 radical (unpaired) electrons. The van der Waals surface area contributed by atoms with E-state index >= 15 is 0 Å². The van der Waals surface area contributed by atoms with Gasteiger partial charge in [-0.3, -0.25) is 0 Å². The van der Waals surface area contributed by atoms with Crippen LogP contribution in [0.25, 0.3) is 0 Å². The van der Waals surface area contributed by atoms with Crippen LogP contribution in [0.5, 0.6) is 11.5 Å². The van der Waals surface area contributed by atoms with Crippen molar-refractivity contribution in [2.45, 2.75) is 43.7 Å². The fraction of sp³-hybridized carbons (Fsp3) is 0.577. The van der Waals surface area contributed by atoms with E-state index in [2.05, 4.69) is 0 Å². The number of hydrogen-bond acceptors (Lipinski definition) is 10. The van der Waals surface area contributed by atoms with Crippen LogP contribution in [0.15, 0.2) is 48.6 Å². The summed E-state index contributed by atoms with van der Waals surface area (Å²) in [5.41, 5.74) is -0.975. The zero-order chi connectivity index (χ0) is 26.2. The topological polar surface area (TPSA) is 100 Å². The van der Waals surface area contributed by atoms with Crippen molar-refractivity contribution in [2.75, 3.05) is 55.4 Å². The fourth-order valence-corrected chi connectivity index (χ4v) is 3.45. The molecule has 0 fully saturated rings. The lowest BCUT2D eigenvalue weighted by atomic mass is 9.92. The first-order chi connectivity index (χ1) is 17.4. The lowest BCUT2D eigenvalue weighted by Gasteiger charge is -2.36. The minimum absolute atomic E-state index is 0.0178. The van der Waals surface area contributed by atoms with Gasteiger partial charge in [0, 0.05) is 40.2 Å². The average molecular weight is 511 g/mol. The van der Waals surface area contributed by atoms with Gasteiger partial charge in [-0.15, -0.1) is 0 Å². The fourth-order valence-electron chi connectivity index (χ4n) is 3.45. The molecule has 1 aliphatic heterocycles. The molecular formula is C26H38O10. The van der Waals surface area contributed by atoms with Crippen LogP contribution >= 0.6 is 0 Å². The van der Waals surface area contributed by atoms with Crippen molar-refractivity contribution in [3.63, 3.8) is 0 Å². The molecule has 1 aliphatic rings. The summed E-state index contributed by atoms with van der Waals surface area (Å²) in [6, 6.07) is 7.27. The Balaban J connectivity index is 2.19. The Kier molecular flexibility index (Phi) is 13.5. The highest BCUT2D eigenvalue weighted by Crippen LogP contribution is 2.27. The number of ether oxygens (including phenoxy) is 9. The summed E-state index contributed by atoms with van der Waals surface area (Å²) in [6.07, 6.45) is 6.38. The van der Waals surface area contributed by atoms with Crippen molar-refractivity contribution < 1.29 is 47.4 Å². The highest BCUT2D eigenvalue weighted by molar-refractivity contribution is 5.82. The molecule has 0 N–H and O–H groups in total. The Labute approximate surface area is 213 Å². The number of hydrogen-bond donors (Lipinski definition) is 0. The molecule has 0 saturated heterocycles. The van der Waals surface area contributed by atoms with E-state index in [1.807, 2.05) is 37.3 Å². The number of cyclic esters (lactones) is 1.